The van der Waals surface area contributed by atoms with Crippen LogP contribution in [0.2, 0.25) is 0 Å². The number of nitrogens with zero attached hydrogens (tertiary/aromatic N) is 4. The van der Waals surface area contributed by atoms with Gasteiger partial charge in [-0.1, -0.05) is 6.07 Å². The highest BCUT2D eigenvalue weighted by Crippen LogP contribution is 2.18. The van der Waals surface area contributed by atoms with Gasteiger partial charge in [0.25, 0.3) is 0 Å². The number of aromatic nitrogens is 4. The lowest BCUT2D eigenvalue weighted by Gasteiger charge is -2.03. The van der Waals surface area contributed by atoms with Crippen LogP contribution in [0.1, 0.15) is 11.4 Å². The summed E-state index contributed by atoms with van der Waals surface area (Å²) in [6, 6.07) is 4.50. The summed E-state index contributed by atoms with van der Waals surface area (Å²) in [4.78, 5) is 11.4. The van der Waals surface area contributed by atoms with Crippen LogP contribution in [0.25, 0.3) is 0 Å². The molecule has 100 valence electrons. The molecule has 1 N–H and O–H groups in total. The Kier molecular flexibility index (Phi) is 3.69. The summed E-state index contributed by atoms with van der Waals surface area (Å²) in [5.74, 6) is -1.05. The summed E-state index contributed by atoms with van der Waals surface area (Å²) in [7, 11) is 1.39. The van der Waals surface area contributed by atoms with E-state index < -0.39 is 11.8 Å². The van der Waals surface area contributed by atoms with Crippen molar-refractivity contribution in [2.45, 2.75) is 13.0 Å². The van der Waals surface area contributed by atoms with Crippen LogP contribution in [0.3, 0.4) is 0 Å². The van der Waals surface area contributed by atoms with E-state index in [1.54, 1.807) is 6.07 Å². The second-order valence-corrected chi connectivity index (χ2v) is 3.78. The van der Waals surface area contributed by atoms with Crippen LogP contribution in [0.15, 0.2) is 18.2 Å². The van der Waals surface area contributed by atoms with Crippen LogP contribution in [0.5, 0.6) is 5.75 Å². The zero-order valence-corrected chi connectivity index (χ0v) is 10.1. The Balaban J connectivity index is 2.10. The molecule has 0 radical (unpaired) electrons. The van der Waals surface area contributed by atoms with E-state index in [9.17, 15) is 9.18 Å². The first kappa shape index (κ1) is 12.9. The van der Waals surface area contributed by atoms with Gasteiger partial charge in [0.1, 0.15) is 0 Å². The molecule has 2 aromatic rings. The standard InChI is InChI=1S/C11H11FN4O3/c1-19-9-3-2-7(4-8(9)12)5-10-13-15-16(14-10)6-11(17)18/h2-4H,5-6H2,1H3,(H,17,18). The van der Waals surface area contributed by atoms with Crippen molar-refractivity contribution in [2.75, 3.05) is 7.11 Å². The lowest BCUT2D eigenvalue weighted by Crippen LogP contribution is -2.11. The van der Waals surface area contributed by atoms with Crippen molar-refractivity contribution in [3.8, 4) is 5.75 Å². The number of tetrazole rings is 1. The van der Waals surface area contributed by atoms with Crippen LogP contribution >= 0.6 is 0 Å². The zero-order valence-electron chi connectivity index (χ0n) is 10.1. The number of hydrogen-bond donors (Lipinski definition) is 1. The second-order valence-electron chi connectivity index (χ2n) is 3.78. The molecule has 2 rings (SSSR count). The average molecular weight is 266 g/mol. The third-order valence-corrected chi connectivity index (χ3v) is 2.35. The number of carbonyl (C=O) groups is 1. The molecule has 0 atom stereocenters. The van der Waals surface area contributed by atoms with Gasteiger partial charge < -0.3 is 9.84 Å². The molecule has 0 saturated carbocycles. The maximum absolute atomic E-state index is 13.5. The number of methoxy groups -OCH3 is 1. The molecule has 0 unspecified atom stereocenters. The third kappa shape index (κ3) is 3.24. The molecule has 8 heteroatoms. The third-order valence-electron chi connectivity index (χ3n) is 2.35. The summed E-state index contributed by atoms with van der Waals surface area (Å²) in [5.41, 5.74) is 0.646. The molecule has 0 bridgehead atoms. The van der Waals surface area contributed by atoms with Gasteiger partial charge in [0.2, 0.25) is 0 Å². The average Bonchev–Trinajstić information content (AvgIpc) is 2.76. The summed E-state index contributed by atoms with van der Waals surface area (Å²) < 4.78 is 18.3. The van der Waals surface area contributed by atoms with E-state index in [2.05, 4.69) is 15.4 Å². The van der Waals surface area contributed by atoms with Crippen LogP contribution in [-0.4, -0.2) is 38.4 Å². The Morgan fingerprint density at radius 2 is 2.32 bits per heavy atom. The number of ether oxygens (including phenoxy) is 1. The number of benzene rings is 1. The molecule has 7 nitrogen and oxygen atoms in total. The van der Waals surface area contributed by atoms with Crippen molar-refractivity contribution in [3.05, 3.63) is 35.4 Å². The largest absolute Gasteiger partial charge is 0.494 e. The summed E-state index contributed by atoms with van der Waals surface area (Å²) in [5, 5.41) is 19.7. The number of hydrogen-bond acceptors (Lipinski definition) is 5. The van der Waals surface area contributed by atoms with E-state index in [-0.39, 0.29) is 18.7 Å². The molecular formula is C11H11FN4O3. The normalized spacial score (nSPS) is 10.4. The number of carboxylic acids is 1. The summed E-state index contributed by atoms with van der Waals surface area (Å²) in [6.45, 7) is -0.357. The van der Waals surface area contributed by atoms with Crippen LogP contribution in [0, 0.1) is 5.82 Å². The Bertz CT molecular complexity index is 599. The second kappa shape index (κ2) is 5.42. The lowest BCUT2D eigenvalue weighted by atomic mass is 10.1. The van der Waals surface area contributed by atoms with Gasteiger partial charge in [0, 0.05) is 6.42 Å². The summed E-state index contributed by atoms with van der Waals surface area (Å²) in [6.07, 6.45) is 0.264. The molecule has 0 aliphatic heterocycles. The van der Waals surface area contributed by atoms with Crippen molar-refractivity contribution in [1.29, 1.82) is 0 Å². The molecular weight excluding hydrogens is 255 g/mol. The Morgan fingerprint density at radius 3 is 2.95 bits per heavy atom. The van der Waals surface area contributed by atoms with E-state index in [0.29, 0.717) is 11.4 Å². The van der Waals surface area contributed by atoms with Crippen molar-refractivity contribution >= 4 is 5.97 Å². The first-order valence-electron chi connectivity index (χ1n) is 5.39. The van der Waals surface area contributed by atoms with Crippen LogP contribution in [0.4, 0.5) is 4.39 Å². The SMILES string of the molecule is COc1ccc(Cc2nnn(CC(=O)O)n2)cc1F. The molecule has 0 fully saturated rings. The van der Waals surface area contributed by atoms with Crippen molar-refractivity contribution in [2.24, 2.45) is 0 Å². The van der Waals surface area contributed by atoms with Crippen LogP contribution < -0.4 is 4.74 Å². The monoisotopic (exact) mass is 266 g/mol. The van der Waals surface area contributed by atoms with E-state index in [1.807, 2.05) is 0 Å². The first-order valence-corrected chi connectivity index (χ1v) is 5.39. The smallest absolute Gasteiger partial charge is 0.327 e. The van der Waals surface area contributed by atoms with E-state index in [4.69, 9.17) is 9.84 Å². The first-order chi connectivity index (χ1) is 9.08. The van der Waals surface area contributed by atoms with Gasteiger partial charge in [-0.15, -0.1) is 10.2 Å². The van der Waals surface area contributed by atoms with Gasteiger partial charge in [-0.25, -0.2) is 4.39 Å². The maximum atomic E-state index is 13.5. The quantitative estimate of drug-likeness (QED) is 0.847. The fourth-order valence-electron chi connectivity index (χ4n) is 1.54. The molecule has 1 heterocycles. The fraction of sp³-hybridized carbons (Fsp3) is 0.273. The lowest BCUT2D eigenvalue weighted by molar-refractivity contribution is -0.138. The molecule has 1 aromatic heterocycles. The minimum Gasteiger partial charge on any atom is -0.494 e. The highest BCUT2D eigenvalue weighted by Gasteiger charge is 2.09. The Morgan fingerprint density at radius 1 is 1.53 bits per heavy atom. The van der Waals surface area contributed by atoms with E-state index in [1.165, 1.54) is 19.2 Å². The maximum Gasteiger partial charge on any atom is 0.327 e. The van der Waals surface area contributed by atoms with Crippen molar-refractivity contribution in [3.63, 3.8) is 0 Å². The van der Waals surface area contributed by atoms with E-state index >= 15 is 0 Å². The zero-order chi connectivity index (χ0) is 13.8. The molecule has 1 aromatic carbocycles. The Labute approximate surface area is 107 Å². The molecule has 19 heavy (non-hydrogen) atoms. The van der Waals surface area contributed by atoms with Crippen LogP contribution in [-0.2, 0) is 17.8 Å². The number of halogens is 1. The minimum atomic E-state index is -1.06. The fourth-order valence-corrected chi connectivity index (χ4v) is 1.54. The highest BCUT2D eigenvalue weighted by molar-refractivity contribution is 5.66. The van der Waals surface area contributed by atoms with Gasteiger partial charge in [0.05, 0.1) is 7.11 Å². The molecule has 0 aliphatic carbocycles. The van der Waals surface area contributed by atoms with Crippen molar-refractivity contribution in [1.82, 2.24) is 20.2 Å². The molecule has 0 spiro atoms. The number of aliphatic carboxylic acids is 1. The molecule has 0 amide bonds. The Hall–Kier alpha value is -2.51. The predicted octanol–water partition coefficient (Wildman–Crippen LogP) is 0.496. The van der Waals surface area contributed by atoms with Gasteiger partial charge in [-0.2, -0.15) is 4.80 Å². The topological polar surface area (TPSA) is 90.1 Å². The van der Waals surface area contributed by atoms with Gasteiger partial charge >= 0.3 is 5.97 Å². The highest BCUT2D eigenvalue weighted by atomic mass is 19.1. The van der Waals surface area contributed by atoms with Gasteiger partial charge in [-0.3, -0.25) is 4.79 Å². The number of carboxylic acid groups (broad SMARTS) is 1. The molecule has 0 aliphatic rings. The van der Waals surface area contributed by atoms with E-state index in [0.717, 1.165) is 4.80 Å². The number of rotatable bonds is 5. The molecule has 0 saturated heterocycles. The van der Waals surface area contributed by atoms with Crippen molar-refractivity contribution < 1.29 is 19.0 Å². The summed E-state index contributed by atoms with van der Waals surface area (Å²) >= 11 is 0. The predicted molar refractivity (Wildman–Crippen MR) is 61.2 cm³/mol. The van der Waals surface area contributed by atoms with Gasteiger partial charge in [0.15, 0.2) is 23.9 Å². The van der Waals surface area contributed by atoms with Gasteiger partial charge in [-0.05, 0) is 22.9 Å². The minimum absolute atomic E-state index is 0.159.